The molecule has 0 aliphatic heterocycles. The Morgan fingerprint density at radius 3 is 2.15 bits per heavy atom. The van der Waals surface area contributed by atoms with Crippen molar-refractivity contribution in [3.63, 3.8) is 0 Å². The number of ether oxygens (including phenoxy) is 1. The lowest BCUT2D eigenvalue weighted by Gasteiger charge is -2.13. The SMILES string of the molecule is O=C(O)Cn1c(-c2ccc(OCc3ccccn3)cc2)ncc(NC(=O)c2ccc(-c3ccccc3)cc2)c1=O. The molecule has 0 saturated heterocycles. The maximum absolute atomic E-state index is 13.2. The number of amides is 1. The van der Waals surface area contributed by atoms with Gasteiger partial charge in [-0.1, -0.05) is 48.5 Å². The second-order valence-electron chi connectivity index (χ2n) is 8.81. The number of rotatable bonds is 9. The first-order valence-corrected chi connectivity index (χ1v) is 12.4. The number of aliphatic carboxylic acids is 1. The molecule has 3 aromatic carbocycles. The molecule has 40 heavy (non-hydrogen) atoms. The Morgan fingerprint density at radius 1 is 0.800 bits per heavy atom. The zero-order chi connectivity index (χ0) is 27.9. The summed E-state index contributed by atoms with van der Waals surface area (Å²) < 4.78 is 6.76. The number of benzene rings is 3. The molecular weight excluding hydrogens is 508 g/mol. The first kappa shape index (κ1) is 26.1. The monoisotopic (exact) mass is 532 g/mol. The molecule has 0 aliphatic carbocycles. The summed E-state index contributed by atoms with van der Waals surface area (Å²) in [4.78, 5) is 46.2. The van der Waals surface area contributed by atoms with Gasteiger partial charge in [-0.2, -0.15) is 0 Å². The highest BCUT2D eigenvalue weighted by molar-refractivity contribution is 6.04. The van der Waals surface area contributed by atoms with E-state index in [-0.39, 0.29) is 18.1 Å². The van der Waals surface area contributed by atoms with Gasteiger partial charge in [0.25, 0.3) is 11.5 Å². The Bertz CT molecular complexity index is 1690. The normalized spacial score (nSPS) is 10.6. The van der Waals surface area contributed by atoms with Crippen LogP contribution >= 0.6 is 0 Å². The Labute approximate surface area is 229 Å². The number of nitrogens with one attached hydrogen (secondary N) is 1. The second kappa shape index (κ2) is 11.9. The van der Waals surface area contributed by atoms with Crippen molar-refractivity contribution in [2.24, 2.45) is 0 Å². The van der Waals surface area contributed by atoms with E-state index in [1.54, 1.807) is 42.6 Å². The Hall–Kier alpha value is -5.57. The van der Waals surface area contributed by atoms with Gasteiger partial charge in [-0.3, -0.25) is 23.9 Å². The first-order valence-electron chi connectivity index (χ1n) is 12.4. The van der Waals surface area contributed by atoms with E-state index in [4.69, 9.17) is 4.74 Å². The molecule has 5 aromatic rings. The molecule has 2 aromatic heterocycles. The molecule has 1 amide bonds. The maximum atomic E-state index is 13.2. The summed E-state index contributed by atoms with van der Waals surface area (Å²) >= 11 is 0. The summed E-state index contributed by atoms with van der Waals surface area (Å²) in [5, 5.41) is 12.0. The van der Waals surface area contributed by atoms with Gasteiger partial charge in [0.15, 0.2) is 0 Å². The van der Waals surface area contributed by atoms with Crippen LogP contribution in [0.15, 0.2) is 114 Å². The van der Waals surface area contributed by atoms with Crippen LogP contribution < -0.4 is 15.6 Å². The third-order valence-electron chi connectivity index (χ3n) is 6.07. The van der Waals surface area contributed by atoms with Gasteiger partial charge in [0, 0.05) is 17.3 Å². The minimum absolute atomic E-state index is 0.127. The first-order chi connectivity index (χ1) is 19.5. The number of carboxylic acids is 1. The van der Waals surface area contributed by atoms with E-state index in [2.05, 4.69) is 15.3 Å². The van der Waals surface area contributed by atoms with Gasteiger partial charge in [0.1, 0.15) is 30.4 Å². The van der Waals surface area contributed by atoms with Crippen molar-refractivity contribution in [3.8, 4) is 28.3 Å². The average Bonchev–Trinajstić information content (AvgIpc) is 2.99. The van der Waals surface area contributed by atoms with Gasteiger partial charge in [-0.05, 0) is 59.7 Å². The summed E-state index contributed by atoms with van der Waals surface area (Å²) in [6.45, 7) is -0.347. The second-order valence-corrected chi connectivity index (χ2v) is 8.81. The van der Waals surface area contributed by atoms with Crippen molar-refractivity contribution in [1.82, 2.24) is 14.5 Å². The topological polar surface area (TPSA) is 123 Å². The lowest BCUT2D eigenvalue weighted by atomic mass is 10.0. The molecule has 0 bridgehead atoms. The summed E-state index contributed by atoms with van der Waals surface area (Å²) in [5.74, 6) is -1.01. The van der Waals surface area contributed by atoms with Crippen molar-refractivity contribution < 1.29 is 19.4 Å². The number of pyridine rings is 1. The molecule has 0 atom stereocenters. The van der Waals surface area contributed by atoms with Crippen molar-refractivity contribution in [2.75, 3.05) is 5.32 Å². The predicted octanol–water partition coefficient (Wildman–Crippen LogP) is 4.89. The number of carboxylic acid groups (broad SMARTS) is 1. The zero-order valence-electron chi connectivity index (χ0n) is 21.2. The van der Waals surface area contributed by atoms with Crippen LogP contribution in [-0.4, -0.2) is 31.5 Å². The molecule has 2 N–H and O–H groups in total. The van der Waals surface area contributed by atoms with Crippen LogP contribution in [0, 0.1) is 0 Å². The summed E-state index contributed by atoms with van der Waals surface area (Å²) in [5.41, 5.74) is 2.77. The molecule has 2 heterocycles. The summed E-state index contributed by atoms with van der Waals surface area (Å²) in [6, 6.07) is 29.0. The van der Waals surface area contributed by atoms with Crippen LogP contribution in [0.1, 0.15) is 16.1 Å². The number of carbonyl (C=O) groups excluding carboxylic acids is 1. The number of aromatic nitrogens is 3. The van der Waals surface area contributed by atoms with E-state index in [0.717, 1.165) is 21.4 Å². The molecule has 198 valence electrons. The van der Waals surface area contributed by atoms with Gasteiger partial charge in [0.05, 0.1) is 11.9 Å². The van der Waals surface area contributed by atoms with E-state index in [1.165, 1.54) is 6.20 Å². The minimum Gasteiger partial charge on any atom is -0.487 e. The molecular formula is C31H24N4O5. The summed E-state index contributed by atoms with van der Waals surface area (Å²) in [7, 11) is 0. The van der Waals surface area contributed by atoms with Crippen LogP contribution in [0.5, 0.6) is 5.75 Å². The molecule has 0 spiro atoms. The van der Waals surface area contributed by atoms with Crippen molar-refractivity contribution in [1.29, 1.82) is 0 Å². The quantitative estimate of drug-likeness (QED) is 0.277. The van der Waals surface area contributed by atoms with Gasteiger partial charge in [-0.15, -0.1) is 0 Å². The largest absolute Gasteiger partial charge is 0.487 e. The van der Waals surface area contributed by atoms with Gasteiger partial charge in [0.2, 0.25) is 0 Å². The maximum Gasteiger partial charge on any atom is 0.323 e. The number of hydrogen-bond acceptors (Lipinski definition) is 6. The highest BCUT2D eigenvalue weighted by atomic mass is 16.5. The van der Waals surface area contributed by atoms with E-state index in [1.807, 2.05) is 60.7 Å². The van der Waals surface area contributed by atoms with Gasteiger partial charge in [-0.25, -0.2) is 4.98 Å². The fraction of sp³-hybridized carbons (Fsp3) is 0.0645. The Kier molecular flexibility index (Phi) is 7.73. The third kappa shape index (κ3) is 6.11. The zero-order valence-corrected chi connectivity index (χ0v) is 21.2. The average molecular weight is 533 g/mol. The van der Waals surface area contributed by atoms with Crippen LogP contribution in [0.25, 0.3) is 22.5 Å². The van der Waals surface area contributed by atoms with E-state index in [0.29, 0.717) is 16.9 Å². The molecule has 9 heteroatoms. The van der Waals surface area contributed by atoms with Crippen LogP contribution in [0.3, 0.4) is 0 Å². The fourth-order valence-corrected chi connectivity index (χ4v) is 4.07. The van der Waals surface area contributed by atoms with E-state index in [9.17, 15) is 19.5 Å². The molecule has 0 radical (unpaired) electrons. The lowest BCUT2D eigenvalue weighted by Crippen LogP contribution is -2.30. The molecule has 0 aliphatic rings. The minimum atomic E-state index is -1.22. The molecule has 0 fully saturated rings. The van der Waals surface area contributed by atoms with E-state index < -0.39 is 24.0 Å². The highest BCUT2D eigenvalue weighted by Gasteiger charge is 2.17. The molecule has 0 saturated carbocycles. The van der Waals surface area contributed by atoms with Gasteiger partial charge >= 0.3 is 5.97 Å². The smallest absolute Gasteiger partial charge is 0.323 e. The number of carbonyl (C=O) groups is 2. The third-order valence-corrected chi connectivity index (χ3v) is 6.07. The highest BCUT2D eigenvalue weighted by Crippen LogP contribution is 2.22. The molecule has 0 unspecified atom stereocenters. The predicted molar refractivity (Wildman–Crippen MR) is 150 cm³/mol. The van der Waals surface area contributed by atoms with Crippen molar-refractivity contribution in [2.45, 2.75) is 13.2 Å². The number of anilines is 1. The standard InChI is InChI=1S/C31H24N4O5/c36-28(37)19-35-29(23-13-15-26(16-14-23)40-20-25-8-4-5-17-32-25)33-18-27(31(35)39)34-30(38)24-11-9-22(10-12-24)21-6-2-1-3-7-21/h1-18H,19-20H2,(H,34,38)(H,36,37). The van der Waals surface area contributed by atoms with Crippen LogP contribution in [0.4, 0.5) is 5.69 Å². The van der Waals surface area contributed by atoms with Crippen molar-refractivity contribution in [3.05, 3.63) is 131 Å². The number of hydrogen-bond donors (Lipinski definition) is 2. The Morgan fingerprint density at radius 2 is 1.48 bits per heavy atom. The summed E-state index contributed by atoms with van der Waals surface area (Å²) in [6.07, 6.45) is 2.92. The lowest BCUT2D eigenvalue weighted by molar-refractivity contribution is -0.137. The fourth-order valence-electron chi connectivity index (χ4n) is 4.07. The van der Waals surface area contributed by atoms with Crippen molar-refractivity contribution >= 4 is 17.6 Å². The molecule has 9 nitrogen and oxygen atoms in total. The van der Waals surface area contributed by atoms with E-state index >= 15 is 0 Å². The number of nitrogens with zero attached hydrogens (tertiary/aromatic N) is 3. The Balaban J connectivity index is 1.35. The van der Waals surface area contributed by atoms with Crippen LogP contribution in [-0.2, 0) is 17.9 Å². The molecule has 5 rings (SSSR count). The van der Waals surface area contributed by atoms with Crippen LogP contribution in [0.2, 0.25) is 0 Å². The van der Waals surface area contributed by atoms with Gasteiger partial charge < -0.3 is 15.2 Å².